The van der Waals surface area contributed by atoms with Gasteiger partial charge in [0.25, 0.3) is 0 Å². The summed E-state index contributed by atoms with van der Waals surface area (Å²) >= 11 is 0. The number of allylic oxidation sites excluding steroid dienone is 1. The van der Waals surface area contributed by atoms with Gasteiger partial charge in [-0.25, -0.2) is 4.39 Å². The van der Waals surface area contributed by atoms with Crippen LogP contribution in [0.2, 0.25) is 0 Å². The Kier molecular flexibility index (Phi) is 2.29. The third kappa shape index (κ3) is 3.34. The smallest absolute Gasteiger partial charge is 0.0981 e. The average Bonchev–Trinajstić information content (AvgIpc) is 1.35. The minimum Gasteiger partial charge on any atom is -0.313 e. The predicted molar refractivity (Wildman–Crippen MR) is 23.6 cm³/mol. The van der Waals surface area contributed by atoms with Crippen molar-refractivity contribution in [2.75, 3.05) is 0 Å². The van der Waals surface area contributed by atoms with E-state index in [-0.39, 0.29) is 6.42 Å². The van der Waals surface area contributed by atoms with Gasteiger partial charge in [0.2, 0.25) is 0 Å². The molecular formula is C4H6FN. The maximum Gasteiger partial charge on any atom is 0.0981 e. The molecule has 0 aromatic carbocycles. The molecule has 0 spiro atoms. The third-order valence-electron chi connectivity index (χ3n) is 0.324. The molecule has 34 valence electrons. The van der Waals surface area contributed by atoms with E-state index in [9.17, 15) is 4.39 Å². The predicted octanol–water partition coefficient (Wildman–Crippen LogP) is 1.51. The van der Waals surface area contributed by atoms with E-state index in [1.54, 1.807) is 0 Å². The minimum absolute atomic E-state index is 0.0556. The highest BCUT2D eigenvalue weighted by atomic mass is 19.1. The van der Waals surface area contributed by atoms with Gasteiger partial charge in [-0.1, -0.05) is 6.58 Å². The Balaban J connectivity index is 3.05. The minimum atomic E-state index is -0.454. The van der Waals surface area contributed by atoms with Crippen LogP contribution >= 0.6 is 0 Å². The van der Waals surface area contributed by atoms with Crippen molar-refractivity contribution in [3.05, 3.63) is 12.4 Å². The van der Waals surface area contributed by atoms with Crippen LogP contribution in [0.1, 0.15) is 6.42 Å². The molecule has 0 aliphatic carbocycles. The molecule has 0 bridgehead atoms. The van der Waals surface area contributed by atoms with Crippen molar-refractivity contribution in [2.45, 2.75) is 6.42 Å². The molecule has 0 amide bonds. The molecule has 0 aromatic heterocycles. The van der Waals surface area contributed by atoms with Crippen molar-refractivity contribution in [3.8, 4) is 0 Å². The second-order valence-corrected chi connectivity index (χ2v) is 0.926. The third-order valence-corrected chi connectivity index (χ3v) is 0.324. The number of hydrogen-bond donors (Lipinski definition) is 1. The number of rotatable bonds is 2. The number of hydrogen-bond acceptors (Lipinski definition) is 1. The fourth-order valence-corrected chi connectivity index (χ4v) is 0.111. The Labute approximate surface area is 36.0 Å². The summed E-state index contributed by atoms with van der Waals surface area (Å²) in [4.78, 5) is 0. The molecule has 0 fully saturated rings. The highest BCUT2D eigenvalue weighted by molar-refractivity contribution is 5.55. The molecule has 1 nitrogen and oxygen atoms in total. The molecule has 0 aliphatic heterocycles. The van der Waals surface area contributed by atoms with Crippen molar-refractivity contribution in [2.24, 2.45) is 0 Å². The molecule has 0 radical (unpaired) electrons. The number of nitrogens with one attached hydrogen (secondary N) is 1. The summed E-state index contributed by atoms with van der Waals surface area (Å²) in [5.41, 5.74) is 0. The van der Waals surface area contributed by atoms with Gasteiger partial charge in [-0.05, 0) is 0 Å². The monoisotopic (exact) mass is 87.0 g/mol. The number of halogens is 1. The summed E-state index contributed by atoms with van der Waals surface area (Å²) in [6, 6.07) is 0. The van der Waals surface area contributed by atoms with E-state index in [1.807, 2.05) is 0 Å². The molecule has 0 saturated heterocycles. The standard InChI is InChI=1S/C4H6FN/c1-4(5)2-3-6/h3,6H,1-2H2. The Hall–Kier alpha value is -0.660. The van der Waals surface area contributed by atoms with Crippen molar-refractivity contribution in [3.63, 3.8) is 0 Å². The van der Waals surface area contributed by atoms with E-state index in [4.69, 9.17) is 5.41 Å². The molecule has 0 saturated carbocycles. The molecule has 1 N–H and O–H groups in total. The van der Waals surface area contributed by atoms with E-state index in [1.165, 1.54) is 0 Å². The summed E-state index contributed by atoms with van der Waals surface area (Å²) in [5.74, 6) is -0.454. The van der Waals surface area contributed by atoms with Gasteiger partial charge in [0.15, 0.2) is 0 Å². The Morgan fingerprint density at radius 2 is 2.50 bits per heavy atom. The van der Waals surface area contributed by atoms with E-state index < -0.39 is 5.83 Å². The van der Waals surface area contributed by atoms with Crippen LogP contribution in [0, 0.1) is 5.41 Å². The lowest BCUT2D eigenvalue weighted by molar-refractivity contribution is 0.631. The lowest BCUT2D eigenvalue weighted by atomic mass is 10.4. The fraction of sp³-hybridized carbons (Fsp3) is 0.250. The maximum absolute atomic E-state index is 11.4. The van der Waals surface area contributed by atoms with Crippen LogP contribution in [0.3, 0.4) is 0 Å². The average molecular weight is 87.1 g/mol. The molecule has 0 aromatic rings. The van der Waals surface area contributed by atoms with Crippen LogP contribution in [0.4, 0.5) is 4.39 Å². The van der Waals surface area contributed by atoms with E-state index in [2.05, 4.69) is 6.58 Å². The zero-order valence-electron chi connectivity index (χ0n) is 3.37. The lowest BCUT2D eigenvalue weighted by Gasteiger charge is -1.76. The van der Waals surface area contributed by atoms with E-state index in [0.717, 1.165) is 6.21 Å². The van der Waals surface area contributed by atoms with Crippen molar-refractivity contribution in [1.82, 2.24) is 0 Å². The van der Waals surface area contributed by atoms with Crippen LogP contribution in [0.5, 0.6) is 0 Å². The maximum atomic E-state index is 11.4. The molecule has 0 atom stereocenters. The first kappa shape index (κ1) is 5.34. The van der Waals surface area contributed by atoms with Crippen LogP contribution < -0.4 is 0 Å². The van der Waals surface area contributed by atoms with Crippen molar-refractivity contribution >= 4 is 6.21 Å². The van der Waals surface area contributed by atoms with Crippen molar-refractivity contribution in [1.29, 1.82) is 5.41 Å². The molecular weight excluding hydrogens is 81.0 g/mol. The zero-order chi connectivity index (χ0) is 4.99. The van der Waals surface area contributed by atoms with Gasteiger partial charge in [0.1, 0.15) is 0 Å². The highest BCUT2D eigenvalue weighted by Gasteiger charge is 1.78. The molecule has 0 rings (SSSR count). The fourth-order valence-electron chi connectivity index (χ4n) is 0.111. The summed E-state index contributed by atoms with van der Waals surface area (Å²) in [6.45, 7) is 2.93. The second-order valence-electron chi connectivity index (χ2n) is 0.926. The molecule has 0 heterocycles. The molecule has 0 unspecified atom stereocenters. The molecule has 2 heteroatoms. The zero-order valence-corrected chi connectivity index (χ0v) is 3.37. The summed E-state index contributed by atoms with van der Waals surface area (Å²) in [5, 5.41) is 6.31. The van der Waals surface area contributed by atoms with Crippen LogP contribution in [0.15, 0.2) is 12.4 Å². The quantitative estimate of drug-likeness (QED) is 0.493. The highest BCUT2D eigenvalue weighted by Crippen LogP contribution is 1.91. The van der Waals surface area contributed by atoms with Crippen LogP contribution in [-0.4, -0.2) is 6.21 Å². The van der Waals surface area contributed by atoms with Gasteiger partial charge < -0.3 is 5.41 Å². The largest absolute Gasteiger partial charge is 0.313 e. The lowest BCUT2D eigenvalue weighted by Crippen LogP contribution is -1.68. The normalized spacial score (nSPS) is 7.50. The topological polar surface area (TPSA) is 23.9 Å². The second kappa shape index (κ2) is 2.57. The van der Waals surface area contributed by atoms with Gasteiger partial charge >= 0.3 is 0 Å². The van der Waals surface area contributed by atoms with Gasteiger partial charge in [0, 0.05) is 12.6 Å². The molecule has 6 heavy (non-hydrogen) atoms. The Morgan fingerprint density at radius 3 is 2.50 bits per heavy atom. The molecule has 0 aliphatic rings. The van der Waals surface area contributed by atoms with Gasteiger partial charge in [-0.15, -0.1) is 0 Å². The Morgan fingerprint density at radius 1 is 2.00 bits per heavy atom. The summed E-state index contributed by atoms with van der Waals surface area (Å²) in [7, 11) is 0. The van der Waals surface area contributed by atoms with E-state index >= 15 is 0 Å². The van der Waals surface area contributed by atoms with Crippen molar-refractivity contribution < 1.29 is 4.39 Å². The first-order valence-electron chi connectivity index (χ1n) is 1.59. The van der Waals surface area contributed by atoms with Crippen LogP contribution in [0.25, 0.3) is 0 Å². The Bertz CT molecular complexity index is 67.9. The van der Waals surface area contributed by atoms with E-state index in [0.29, 0.717) is 0 Å². The van der Waals surface area contributed by atoms with Gasteiger partial charge in [-0.2, -0.15) is 0 Å². The van der Waals surface area contributed by atoms with Gasteiger partial charge in [-0.3, -0.25) is 0 Å². The summed E-state index contributed by atoms with van der Waals surface area (Å²) < 4.78 is 11.4. The first-order valence-corrected chi connectivity index (χ1v) is 1.59. The van der Waals surface area contributed by atoms with Crippen LogP contribution in [-0.2, 0) is 0 Å². The SMILES string of the molecule is C=C(F)CC=N. The van der Waals surface area contributed by atoms with Gasteiger partial charge in [0.05, 0.1) is 5.83 Å². The summed E-state index contributed by atoms with van der Waals surface area (Å²) in [6.07, 6.45) is 1.03. The first-order chi connectivity index (χ1) is 2.77.